The van der Waals surface area contributed by atoms with Crippen molar-refractivity contribution in [1.29, 1.82) is 0 Å². The van der Waals surface area contributed by atoms with E-state index in [0.29, 0.717) is 12.5 Å². The smallest absolute Gasteiger partial charge is 0.412 e. The lowest BCUT2D eigenvalue weighted by Crippen LogP contribution is -2.54. The molecule has 1 aliphatic rings. The predicted octanol–water partition coefficient (Wildman–Crippen LogP) is 4.52. The second-order valence-electron chi connectivity index (χ2n) is 10.6. The van der Waals surface area contributed by atoms with Crippen LogP contribution in [-0.2, 0) is 23.7 Å². The molecule has 0 saturated carbocycles. The fraction of sp³-hybridized carbons (Fsp3) is 0.909. The Kier molecular flexibility index (Phi) is 8.55. The summed E-state index contributed by atoms with van der Waals surface area (Å²) in [5.74, 6) is 0.0542. The fourth-order valence-electron chi connectivity index (χ4n) is 3.26. The summed E-state index contributed by atoms with van der Waals surface area (Å²) >= 11 is 0. The molecule has 0 aromatic carbocycles. The van der Waals surface area contributed by atoms with Crippen LogP contribution in [0.3, 0.4) is 0 Å². The second-order valence-corrected chi connectivity index (χ2v) is 10.6. The molecule has 1 heterocycles. The van der Waals surface area contributed by atoms with Crippen LogP contribution in [-0.4, -0.2) is 59.2 Å². The van der Waals surface area contributed by atoms with Crippen molar-refractivity contribution in [2.45, 2.75) is 111 Å². The van der Waals surface area contributed by atoms with Gasteiger partial charge in [0.1, 0.15) is 16.9 Å². The fourth-order valence-corrected chi connectivity index (χ4v) is 3.26. The summed E-state index contributed by atoms with van der Waals surface area (Å²) < 4.78 is 23.0. The third-order valence-corrected chi connectivity index (χ3v) is 4.30. The number of hydrogen-bond donors (Lipinski definition) is 0. The van der Waals surface area contributed by atoms with Crippen molar-refractivity contribution in [3.05, 3.63) is 0 Å². The van der Waals surface area contributed by atoms with E-state index >= 15 is 0 Å². The summed E-state index contributed by atoms with van der Waals surface area (Å²) in [6, 6.07) is -0.291. The van der Waals surface area contributed by atoms with Crippen LogP contribution in [0, 0.1) is 5.92 Å². The predicted molar refractivity (Wildman–Crippen MR) is 112 cm³/mol. The number of ether oxygens (including phenoxy) is 4. The summed E-state index contributed by atoms with van der Waals surface area (Å²) in [5.41, 5.74) is -1.92. The number of carbonyl (C=O) groups excluding carboxylic acids is 2. The number of amides is 1. The molecular weight excluding hydrogens is 374 g/mol. The van der Waals surface area contributed by atoms with Gasteiger partial charge in [-0.3, -0.25) is 9.69 Å². The van der Waals surface area contributed by atoms with Crippen LogP contribution in [0.5, 0.6) is 0 Å². The van der Waals surface area contributed by atoms with Gasteiger partial charge in [0.25, 0.3) is 0 Å². The van der Waals surface area contributed by atoms with Crippen LogP contribution in [0.1, 0.15) is 82.1 Å². The maximum atomic E-state index is 12.9. The average Bonchev–Trinajstić information content (AvgIpc) is 2.77. The van der Waals surface area contributed by atoms with Crippen molar-refractivity contribution >= 4 is 12.1 Å². The van der Waals surface area contributed by atoms with Gasteiger partial charge < -0.3 is 18.9 Å². The minimum absolute atomic E-state index is 0.162. The Hall–Kier alpha value is -1.34. The molecule has 170 valence electrons. The molecule has 7 nitrogen and oxygen atoms in total. The zero-order valence-corrected chi connectivity index (χ0v) is 20.0. The molecule has 0 spiro atoms. The summed E-state index contributed by atoms with van der Waals surface area (Å²) in [7, 11) is 0. The summed E-state index contributed by atoms with van der Waals surface area (Å²) in [6.07, 6.45) is 0.203. The highest BCUT2D eigenvalue weighted by molar-refractivity contribution is 5.70. The molecule has 1 fully saturated rings. The molecule has 1 aliphatic heterocycles. The summed E-state index contributed by atoms with van der Waals surface area (Å²) in [6.45, 7) is 19.5. The minimum Gasteiger partial charge on any atom is -0.460 e. The van der Waals surface area contributed by atoms with Gasteiger partial charge in [0, 0.05) is 0 Å². The van der Waals surface area contributed by atoms with E-state index in [1.54, 1.807) is 4.90 Å². The zero-order valence-electron chi connectivity index (χ0n) is 20.0. The van der Waals surface area contributed by atoms with Crippen molar-refractivity contribution in [2.24, 2.45) is 5.92 Å². The molecule has 0 aliphatic carbocycles. The maximum Gasteiger partial charge on any atom is 0.412 e. The molecule has 0 bridgehead atoms. The number of carbonyl (C=O) groups is 2. The van der Waals surface area contributed by atoms with E-state index in [-0.39, 0.29) is 31.1 Å². The molecule has 0 N–H and O–H groups in total. The van der Waals surface area contributed by atoms with Crippen molar-refractivity contribution in [3.8, 4) is 0 Å². The third-order valence-electron chi connectivity index (χ3n) is 4.30. The van der Waals surface area contributed by atoms with E-state index in [9.17, 15) is 9.59 Å². The van der Waals surface area contributed by atoms with E-state index in [2.05, 4.69) is 13.8 Å². The SMILES string of the molecule is CC(C)CC(OCCC(=O)OC(C)(C)C)[C@@H]1COC(C)(C)N1C(=O)OC(C)(C)C. The minimum atomic E-state index is -0.795. The van der Waals surface area contributed by atoms with Crippen LogP contribution < -0.4 is 0 Å². The van der Waals surface area contributed by atoms with Gasteiger partial charge in [-0.15, -0.1) is 0 Å². The number of hydrogen-bond acceptors (Lipinski definition) is 6. The Bertz CT molecular complexity index is 559. The first-order chi connectivity index (χ1) is 13.0. The van der Waals surface area contributed by atoms with Crippen molar-refractivity contribution in [1.82, 2.24) is 4.90 Å². The molecule has 1 unspecified atom stereocenters. The molecule has 0 aromatic rings. The van der Waals surface area contributed by atoms with Crippen LogP contribution in [0.2, 0.25) is 0 Å². The van der Waals surface area contributed by atoms with Gasteiger partial charge in [-0.2, -0.15) is 0 Å². The Morgan fingerprint density at radius 1 is 1.07 bits per heavy atom. The maximum absolute atomic E-state index is 12.9. The van der Waals surface area contributed by atoms with E-state index in [0.717, 1.165) is 6.42 Å². The highest BCUT2D eigenvalue weighted by Crippen LogP contribution is 2.33. The number of esters is 1. The molecular formula is C22H41NO6. The Balaban J connectivity index is 2.88. The highest BCUT2D eigenvalue weighted by atomic mass is 16.6. The third kappa shape index (κ3) is 8.91. The van der Waals surface area contributed by atoms with Crippen LogP contribution in [0.4, 0.5) is 4.79 Å². The van der Waals surface area contributed by atoms with E-state index in [1.807, 2.05) is 55.4 Å². The van der Waals surface area contributed by atoms with Crippen molar-refractivity contribution in [2.75, 3.05) is 13.2 Å². The van der Waals surface area contributed by atoms with Crippen LogP contribution in [0.25, 0.3) is 0 Å². The van der Waals surface area contributed by atoms with Gasteiger partial charge in [-0.25, -0.2) is 4.79 Å². The summed E-state index contributed by atoms with van der Waals surface area (Å²) in [5, 5.41) is 0. The molecule has 2 atom stereocenters. The standard InChI is InChI=1S/C22H41NO6/c1-15(2)13-17(26-12-11-18(24)28-20(3,4)5)16-14-27-22(9,10)23(16)19(25)29-21(6,7)8/h15-17H,11-14H2,1-10H3/t16-,17?/m0/s1. The molecule has 0 radical (unpaired) electrons. The van der Waals surface area contributed by atoms with Gasteiger partial charge in [-0.1, -0.05) is 13.8 Å². The van der Waals surface area contributed by atoms with E-state index in [4.69, 9.17) is 18.9 Å². The van der Waals surface area contributed by atoms with Crippen LogP contribution >= 0.6 is 0 Å². The first-order valence-corrected chi connectivity index (χ1v) is 10.5. The Morgan fingerprint density at radius 3 is 2.10 bits per heavy atom. The first kappa shape index (κ1) is 25.7. The van der Waals surface area contributed by atoms with Gasteiger partial charge >= 0.3 is 12.1 Å². The quantitative estimate of drug-likeness (QED) is 0.569. The molecule has 1 amide bonds. The normalized spacial score (nSPS) is 20.7. The van der Waals surface area contributed by atoms with Crippen molar-refractivity contribution in [3.63, 3.8) is 0 Å². The molecule has 0 aromatic heterocycles. The lowest BCUT2D eigenvalue weighted by molar-refractivity contribution is -0.157. The Labute approximate surface area is 176 Å². The van der Waals surface area contributed by atoms with Crippen LogP contribution in [0.15, 0.2) is 0 Å². The molecule has 29 heavy (non-hydrogen) atoms. The average molecular weight is 416 g/mol. The highest BCUT2D eigenvalue weighted by Gasteiger charge is 2.49. The Morgan fingerprint density at radius 2 is 1.62 bits per heavy atom. The molecule has 1 saturated heterocycles. The molecule has 1 rings (SSSR count). The lowest BCUT2D eigenvalue weighted by Gasteiger charge is -2.38. The number of nitrogens with zero attached hydrogens (tertiary/aromatic N) is 1. The largest absolute Gasteiger partial charge is 0.460 e. The molecule has 7 heteroatoms. The lowest BCUT2D eigenvalue weighted by atomic mass is 9.99. The van der Waals surface area contributed by atoms with E-state index < -0.39 is 23.0 Å². The second kappa shape index (κ2) is 9.65. The van der Waals surface area contributed by atoms with Gasteiger partial charge in [0.15, 0.2) is 0 Å². The number of rotatable bonds is 7. The topological polar surface area (TPSA) is 74.3 Å². The zero-order chi connectivity index (χ0) is 22.6. The van der Waals surface area contributed by atoms with Gasteiger partial charge in [0.2, 0.25) is 0 Å². The van der Waals surface area contributed by atoms with E-state index in [1.165, 1.54) is 0 Å². The summed E-state index contributed by atoms with van der Waals surface area (Å²) in [4.78, 5) is 26.6. The first-order valence-electron chi connectivity index (χ1n) is 10.5. The van der Waals surface area contributed by atoms with Crippen molar-refractivity contribution < 1.29 is 28.5 Å². The van der Waals surface area contributed by atoms with Gasteiger partial charge in [-0.05, 0) is 67.7 Å². The van der Waals surface area contributed by atoms with Gasteiger partial charge in [0.05, 0.1) is 31.8 Å². The monoisotopic (exact) mass is 415 g/mol.